The average molecular weight is 542 g/mol. The minimum Gasteiger partial charge on any atom is -0.462 e. The summed E-state index contributed by atoms with van der Waals surface area (Å²) in [6, 6.07) is 1.14. The lowest BCUT2D eigenvalue weighted by atomic mass is 9.83. The van der Waals surface area contributed by atoms with Crippen LogP contribution >= 0.6 is 7.82 Å². The largest absolute Gasteiger partial charge is 0.475 e. The summed E-state index contributed by atoms with van der Waals surface area (Å²) in [7, 11) is -4.21. The number of nitrogens with one attached hydrogen (secondary N) is 1. The Hall–Kier alpha value is -2.75. The van der Waals surface area contributed by atoms with Crippen molar-refractivity contribution >= 4 is 19.8 Å². The third-order valence-corrected chi connectivity index (χ3v) is 7.18. The Balaban J connectivity index is 1.73. The molecule has 0 spiro atoms. The summed E-state index contributed by atoms with van der Waals surface area (Å²) in [6.45, 7) is 7.53. The van der Waals surface area contributed by atoms with Crippen LogP contribution in [0.25, 0.3) is 0 Å². The lowest BCUT2D eigenvalue weighted by Gasteiger charge is -2.35. The van der Waals surface area contributed by atoms with Gasteiger partial charge in [0, 0.05) is 12.3 Å². The number of H-pyrrole nitrogens is 1. The normalized spacial score (nSPS) is 29.2. The molecule has 14 heteroatoms. The molecule has 0 amide bonds. The minimum absolute atomic E-state index is 0.208. The van der Waals surface area contributed by atoms with Gasteiger partial charge >= 0.3 is 25.5 Å². The van der Waals surface area contributed by atoms with Crippen LogP contribution < -0.4 is 11.2 Å². The predicted octanol–water partition coefficient (Wildman–Crippen LogP) is 1.52. The van der Waals surface area contributed by atoms with Gasteiger partial charge in [-0.25, -0.2) is 9.36 Å². The number of hydrogen-bond acceptors (Lipinski definition) is 11. The van der Waals surface area contributed by atoms with E-state index in [0.29, 0.717) is 0 Å². The van der Waals surface area contributed by atoms with Crippen LogP contribution in [0.3, 0.4) is 0 Å². The van der Waals surface area contributed by atoms with E-state index in [0.717, 1.165) is 10.6 Å². The van der Waals surface area contributed by atoms with Gasteiger partial charge in [0.15, 0.2) is 12.1 Å². The van der Waals surface area contributed by atoms with E-state index in [1.54, 1.807) is 34.6 Å². The molecule has 13 nitrogen and oxygen atoms in total. The van der Waals surface area contributed by atoms with E-state index in [1.165, 1.54) is 6.20 Å². The Labute approximate surface area is 213 Å². The molecule has 5 atom stereocenters. The van der Waals surface area contributed by atoms with Gasteiger partial charge in [0.1, 0.15) is 17.6 Å². The minimum atomic E-state index is -4.21. The van der Waals surface area contributed by atoms with Crippen LogP contribution in [-0.4, -0.2) is 59.1 Å². The van der Waals surface area contributed by atoms with Crippen molar-refractivity contribution in [2.45, 2.75) is 71.7 Å². The van der Waals surface area contributed by atoms with Gasteiger partial charge in [-0.05, 0) is 41.0 Å². The molecule has 3 rings (SSSR count). The Morgan fingerprint density at radius 2 is 1.86 bits per heavy atom. The van der Waals surface area contributed by atoms with Crippen molar-refractivity contribution in [3.63, 3.8) is 0 Å². The second-order valence-corrected chi connectivity index (χ2v) is 11.0. The third-order valence-electron chi connectivity index (χ3n) is 5.73. The number of esters is 2. The zero-order valence-electron chi connectivity index (χ0n) is 21.2. The molecule has 0 aliphatic carbocycles. The van der Waals surface area contributed by atoms with Crippen LogP contribution in [0.15, 0.2) is 21.9 Å². The highest BCUT2D eigenvalue weighted by Crippen LogP contribution is 2.60. The van der Waals surface area contributed by atoms with Crippen molar-refractivity contribution in [2.75, 3.05) is 13.2 Å². The number of carbonyl (C=O) groups excluding carboxylic acids is 2. The maximum atomic E-state index is 13.3. The molecule has 37 heavy (non-hydrogen) atoms. The van der Waals surface area contributed by atoms with E-state index < -0.39 is 73.0 Å². The smallest absolute Gasteiger partial charge is 0.462 e. The van der Waals surface area contributed by atoms with E-state index >= 15 is 0 Å². The number of nitrogens with zero attached hydrogens (tertiary/aromatic N) is 1. The monoisotopic (exact) mass is 542 g/mol. The fourth-order valence-corrected chi connectivity index (χ4v) is 5.46. The second-order valence-electron chi connectivity index (χ2n) is 9.39. The molecule has 2 aliphatic heterocycles. The number of fused-ring (bicyclic) bond motifs is 1. The molecule has 2 fully saturated rings. The van der Waals surface area contributed by atoms with Crippen LogP contribution in [-0.2, 0) is 41.9 Å². The number of aromatic nitrogens is 2. The van der Waals surface area contributed by atoms with Gasteiger partial charge in [-0.3, -0.25) is 37.5 Å². The molecule has 0 bridgehead atoms. The predicted molar refractivity (Wildman–Crippen MR) is 127 cm³/mol. The lowest BCUT2D eigenvalue weighted by molar-refractivity contribution is -0.167. The first-order valence-corrected chi connectivity index (χ1v) is 13.2. The summed E-state index contributed by atoms with van der Waals surface area (Å²) in [5, 5.41) is 0. The summed E-state index contributed by atoms with van der Waals surface area (Å²) in [5.74, 6) is -0.357. The van der Waals surface area contributed by atoms with Crippen LogP contribution in [0, 0.1) is 23.7 Å². The fraction of sp³-hybridized carbons (Fsp3) is 0.652. The van der Waals surface area contributed by atoms with Gasteiger partial charge in [-0.15, -0.1) is 6.42 Å². The van der Waals surface area contributed by atoms with Gasteiger partial charge in [0.25, 0.3) is 5.56 Å². The van der Waals surface area contributed by atoms with Crippen LogP contribution in [0.5, 0.6) is 0 Å². The topological polar surface area (TPSA) is 161 Å². The Morgan fingerprint density at radius 3 is 2.41 bits per heavy atom. The lowest BCUT2D eigenvalue weighted by Crippen LogP contribution is -2.43. The highest BCUT2D eigenvalue weighted by Gasteiger charge is 2.60. The number of phosphoric acid groups is 1. The summed E-state index contributed by atoms with van der Waals surface area (Å²) >= 11 is 0. The number of phosphoric ester groups is 1. The molecule has 1 aromatic heterocycles. The van der Waals surface area contributed by atoms with E-state index in [-0.39, 0.29) is 19.6 Å². The third kappa shape index (κ3) is 6.40. The SMILES string of the molecule is C#C[C@]1(C)[C@@H]2O[P@@](=O)(OCCC(C(=O)OC(C)C)C(=O)OC(C)C)OC[C@H]2O[C@H]1n1ccc(=O)[nH]c1=O. The highest BCUT2D eigenvalue weighted by molar-refractivity contribution is 7.48. The molecule has 2 saturated heterocycles. The van der Waals surface area contributed by atoms with Crippen molar-refractivity contribution in [1.82, 2.24) is 9.55 Å². The number of terminal acetylenes is 1. The Morgan fingerprint density at radius 1 is 1.24 bits per heavy atom. The molecule has 3 heterocycles. The van der Waals surface area contributed by atoms with Crippen LogP contribution in [0.4, 0.5) is 0 Å². The second kappa shape index (κ2) is 11.3. The van der Waals surface area contributed by atoms with Gasteiger partial charge < -0.3 is 14.2 Å². The van der Waals surface area contributed by atoms with Gasteiger partial charge in [-0.2, -0.15) is 0 Å². The Bertz CT molecular complexity index is 1190. The average Bonchev–Trinajstić information content (AvgIpc) is 3.07. The summed E-state index contributed by atoms with van der Waals surface area (Å²) < 4.78 is 46.9. The molecular formula is C23H31N2O11P. The van der Waals surface area contributed by atoms with Crippen LogP contribution in [0.1, 0.15) is 47.3 Å². The molecule has 204 valence electrons. The summed E-state index contributed by atoms with van der Waals surface area (Å²) in [5.41, 5.74) is -2.64. The highest BCUT2D eigenvalue weighted by atomic mass is 31.2. The van der Waals surface area contributed by atoms with E-state index in [4.69, 9.17) is 34.2 Å². The molecule has 1 N–H and O–H groups in total. The molecule has 0 aromatic carbocycles. The zero-order chi connectivity index (χ0) is 27.5. The van der Waals surface area contributed by atoms with Gasteiger partial charge in [0.05, 0.1) is 25.4 Å². The molecule has 0 saturated carbocycles. The zero-order valence-corrected chi connectivity index (χ0v) is 22.1. The molecular weight excluding hydrogens is 511 g/mol. The summed E-state index contributed by atoms with van der Waals surface area (Å²) in [4.78, 5) is 50.8. The van der Waals surface area contributed by atoms with Gasteiger partial charge in [-0.1, -0.05) is 5.92 Å². The number of hydrogen-bond donors (Lipinski definition) is 1. The molecule has 0 unspecified atom stereocenters. The van der Waals surface area contributed by atoms with Crippen LogP contribution in [0.2, 0.25) is 0 Å². The molecule has 2 aliphatic rings. The first-order chi connectivity index (χ1) is 17.3. The van der Waals surface area contributed by atoms with Gasteiger partial charge in [0.2, 0.25) is 0 Å². The summed E-state index contributed by atoms with van der Waals surface area (Å²) in [6.07, 6.45) is 3.02. The standard InChI is InChI=1S/C23H31N2O11P/c1-7-23(6)18-16(35-21(23)25-10-8-17(26)24-22(25)29)12-32-37(30,36-18)31-11-9-15(19(27)33-13(2)3)20(28)34-14(4)5/h1,8,10,13-16,18,21H,9,11-12H2,2-6H3,(H,24,26,29)/t16-,18-,21-,23-,37+/m1/s1. The van der Waals surface area contributed by atoms with E-state index in [2.05, 4.69) is 10.9 Å². The Kier molecular flexibility index (Phi) is 8.82. The van der Waals surface area contributed by atoms with E-state index in [9.17, 15) is 23.7 Å². The first-order valence-electron chi connectivity index (χ1n) is 11.7. The first kappa shape index (κ1) is 28.8. The fourth-order valence-electron chi connectivity index (χ4n) is 3.97. The van der Waals surface area contributed by atoms with E-state index in [1.807, 2.05) is 0 Å². The number of aromatic amines is 1. The quantitative estimate of drug-likeness (QED) is 0.208. The van der Waals surface area contributed by atoms with Crippen molar-refractivity contribution in [3.05, 3.63) is 33.1 Å². The van der Waals surface area contributed by atoms with Crippen molar-refractivity contribution in [3.8, 4) is 12.3 Å². The number of ether oxygens (including phenoxy) is 3. The van der Waals surface area contributed by atoms with Crippen molar-refractivity contribution in [2.24, 2.45) is 11.3 Å². The van der Waals surface area contributed by atoms with Crippen molar-refractivity contribution in [1.29, 1.82) is 0 Å². The maximum Gasteiger partial charge on any atom is 0.475 e. The number of rotatable bonds is 9. The molecule has 0 radical (unpaired) electrons. The molecule has 1 aromatic rings. The number of carbonyl (C=O) groups is 2. The maximum absolute atomic E-state index is 13.3. The van der Waals surface area contributed by atoms with Crippen molar-refractivity contribution < 1.29 is 41.9 Å².